The monoisotopic (exact) mass is 251 g/mol. The maximum absolute atomic E-state index is 12.4. The van der Waals surface area contributed by atoms with Gasteiger partial charge >= 0.3 is 6.03 Å². The fourth-order valence-electron chi connectivity index (χ4n) is 3.96. The highest BCUT2D eigenvalue weighted by molar-refractivity contribution is 5.77. The van der Waals surface area contributed by atoms with Crippen LogP contribution >= 0.6 is 0 Å². The van der Waals surface area contributed by atoms with Crippen molar-refractivity contribution in [2.75, 3.05) is 26.7 Å². The van der Waals surface area contributed by atoms with Crippen LogP contribution in [0.2, 0.25) is 0 Å². The number of hydrogen-bond donors (Lipinski definition) is 1. The number of likely N-dealkylation sites (N-methyl/N-ethyl adjacent to an activating group) is 1. The quantitative estimate of drug-likeness (QED) is 0.810. The summed E-state index contributed by atoms with van der Waals surface area (Å²) in [6.07, 6.45) is 7.72. The van der Waals surface area contributed by atoms with Crippen LogP contribution in [0.4, 0.5) is 4.79 Å². The van der Waals surface area contributed by atoms with E-state index < -0.39 is 0 Å². The van der Waals surface area contributed by atoms with Crippen LogP contribution in [0.15, 0.2) is 0 Å². The summed E-state index contributed by atoms with van der Waals surface area (Å²) in [7, 11) is 2.00. The first-order valence-electron chi connectivity index (χ1n) is 7.51. The minimum atomic E-state index is 0.264. The lowest BCUT2D eigenvalue weighted by Crippen LogP contribution is -2.47. The molecule has 4 heteroatoms. The Morgan fingerprint density at radius 2 is 1.94 bits per heavy atom. The van der Waals surface area contributed by atoms with Crippen molar-refractivity contribution in [3.05, 3.63) is 0 Å². The van der Waals surface area contributed by atoms with Crippen molar-refractivity contribution in [1.29, 1.82) is 0 Å². The van der Waals surface area contributed by atoms with Gasteiger partial charge in [-0.05, 0) is 38.1 Å². The lowest BCUT2D eigenvalue weighted by molar-refractivity contribution is 0.170. The lowest BCUT2D eigenvalue weighted by Gasteiger charge is -2.31. The molecule has 102 valence electrons. The Morgan fingerprint density at radius 3 is 2.61 bits per heavy atom. The zero-order valence-corrected chi connectivity index (χ0v) is 11.4. The second kappa shape index (κ2) is 5.08. The Morgan fingerprint density at radius 1 is 1.17 bits per heavy atom. The summed E-state index contributed by atoms with van der Waals surface area (Å²) >= 11 is 0. The number of amides is 2. The predicted octanol–water partition coefficient (Wildman–Crippen LogP) is 1.66. The largest absolute Gasteiger partial charge is 0.323 e. The summed E-state index contributed by atoms with van der Waals surface area (Å²) in [5, 5.41) is 3.42. The molecule has 3 rings (SSSR count). The van der Waals surface area contributed by atoms with Crippen molar-refractivity contribution in [3.63, 3.8) is 0 Å². The molecule has 0 spiro atoms. The van der Waals surface area contributed by atoms with Gasteiger partial charge in [0.25, 0.3) is 0 Å². The molecule has 1 saturated carbocycles. The van der Waals surface area contributed by atoms with Crippen LogP contribution < -0.4 is 5.32 Å². The van der Waals surface area contributed by atoms with Gasteiger partial charge in [-0.25, -0.2) is 4.79 Å². The summed E-state index contributed by atoms with van der Waals surface area (Å²) in [4.78, 5) is 16.5. The van der Waals surface area contributed by atoms with E-state index in [1.165, 1.54) is 38.5 Å². The average molecular weight is 251 g/mol. The number of piperidine rings is 1. The first-order chi connectivity index (χ1) is 8.77. The third-order valence-electron chi connectivity index (χ3n) is 5.08. The molecule has 1 N–H and O–H groups in total. The molecule has 0 aromatic carbocycles. The number of carbonyl (C=O) groups excluding carboxylic acids is 1. The van der Waals surface area contributed by atoms with Gasteiger partial charge in [-0.15, -0.1) is 0 Å². The highest BCUT2D eigenvalue weighted by Gasteiger charge is 2.42. The van der Waals surface area contributed by atoms with E-state index in [0.29, 0.717) is 12.1 Å². The SMILES string of the molecule is CN1C(=O)N(C2CCCNC2)CC1C1CCCC1. The molecule has 18 heavy (non-hydrogen) atoms. The highest BCUT2D eigenvalue weighted by Crippen LogP contribution is 2.34. The average Bonchev–Trinajstić information content (AvgIpc) is 3.01. The summed E-state index contributed by atoms with van der Waals surface area (Å²) in [6.45, 7) is 3.06. The molecule has 0 aromatic heterocycles. The van der Waals surface area contributed by atoms with Crippen LogP contribution in [0.1, 0.15) is 38.5 Å². The third-order valence-corrected chi connectivity index (χ3v) is 5.08. The van der Waals surface area contributed by atoms with E-state index >= 15 is 0 Å². The predicted molar refractivity (Wildman–Crippen MR) is 71.5 cm³/mol. The summed E-state index contributed by atoms with van der Waals surface area (Å²) in [5.41, 5.74) is 0. The molecule has 2 amide bonds. The van der Waals surface area contributed by atoms with Gasteiger partial charge in [0.05, 0.1) is 6.04 Å². The lowest BCUT2D eigenvalue weighted by atomic mass is 9.97. The van der Waals surface area contributed by atoms with Crippen molar-refractivity contribution in [3.8, 4) is 0 Å². The van der Waals surface area contributed by atoms with Crippen molar-refractivity contribution in [2.45, 2.75) is 50.6 Å². The molecule has 2 aliphatic heterocycles. The first-order valence-corrected chi connectivity index (χ1v) is 7.51. The number of nitrogens with zero attached hydrogens (tertiary/aromatic N) is 2. The van der Waals surface area contributed by atoms with Crippen molar-refractivity contribution in [1.82, 2.24) is 15.1 Å². The maximum atomic E-state index is 12.4. The van der Waals surface area contributed by atoms with Gasteiger partial charge in [0, 0.05) is 26.2 Å². The molecular weight excluding hydrogens is 226 g/mol. The molecule has 0 aromatic rings. The number of rotatable bonds is 2. The van der Waals surface area contributed by atoms with E-state index in [1.807, 2.05) is 11.9 Å². The number of urea groups is 1. The number of carbonyl (C=O) groups is 1. The van der Waals surface area contributed by atoms with Crippen LogP contribution in [0.5, 0.6) is 0 Å². The molecule has 1 aliphatic carbocycles. The van der Waals surface area contributed by atoms with Gasteiger partial charge in [0.1, 0.15) is 0 Å². The Balaban J connectivity index is 1.67. The summed E-state index contributed by atoms with van der Waals surface area (Å²) in [6, 6.07) is 1.17. The zero-order chi connectivity index (χ0) is 12.5. The van der Waals surface area contributed by atoms with Crippen molar-refractivity contribution in [2.24, 2.45) is 5.92 Å². The van der Waals surface area contributed by atoms with E-state index in [-0.39, 0.29) is 6.03 Å². The van der Waals surface area contributed by atoms with Crippen LogP contribution in [0.25, 0.3) is 0 Å². The topological polar surface area (TPSA) is 35.6 Å². The fraction of sp³-hybridized carbons (Fsp3) is 0.929. The minimum Gasteiger partial charge on any atom is -0.323 e. The van der Waals surface area contributed by atoms with Crippen molar-refractivity contribution >= 4 is 6.03 Å². The van der Waals surface area contributed by atoms with Gasteiger partial charge in [-0.3, -0.25) is 0 Å². The smallest absolute Gasteiger partial charge is 0.320 e. The molecule has 2 unspecified atom stereocenters. The Hall–Kier alpha value is -0.770. The van der Waals surface area contributed by atoms with E-state index in [4.69, 9.17) is 0 Å². The molecule has 4 nitrogen and oxygen atoms in total. The molecule has 0 bridgehead atoms. The van der Waals surface area contributed by atoms with E-state index in [1.54, 1.807) is 0 Å². The third kappa shape index (κ3) is 2.11. The second-order valence-electron chi connectivity index (χ2n) is 6.16. The molecule has 3 fully saturated rings. The molecule has 2 saturated heterocycles. The Bertz CT molecular complexity index is 308. The van der Waals surface area contributed by atoms with Gasteiger partial charge in [-0.2, -0.15) is 0 Å². The standard InChI is InChI=1S/C14H25N3O/c1-16-13(11-5-2-3-6-11)10-17(14(16)18)12-7-4-8-15-9-12/h11-13,15H,2-10H2,1H3. The van der Waals surface area contributed by atoms with Crippen LogP contribution in [-0.2, 0) is 0 Å². The normalized spacial score (nSPS) is 34.6. The van der Waals surface area contributed by atoms with E-state index in [2.05, 4.69) is 10.2 Å². The van der Waals surface area contributed by atoms with E-state index in [0.717, 1.165) is 25.6 Å². The highest BCUT2D eigenvalue weighted by atomic mass is 16.2. The molecular formula is C14H25N3O. The van der Waals surface area contributed by atoms with Crippen LogP contribution in [0, 0.1) is 5.92 Å². The summed E-state index contributed by atoms with van der Waals surface area (Å²) in [5.74, 6) is 0.750. The molecule has 2 heterocycles. The first kappa shape index (κ1) is 12.3. The Labute approximate surface area is 110 Å². The van der Waals surface area contributed by atoms with Crippen LogP contribution in [-0.4, -0.2) is 54.6 Å². The van der Waals surface area contributed by atoms with Crippen molar-refractivity contribution < 1.29 is 4.79 Å². The maximum Gasteiger partial charge on any atom is 0.320 e. The molecule has 0 radical (unpaired) electrons. The van der Waals surface area contributed by atoms with E-state index in [9.17, 15) is 4.79 Å². The van der Waals surface area contributed by atoms with Gasteiger partial charge in [-0.1, -0.05) is 12.8 Å². The molecule has 3 aliphatic rings. The summed E-state index contributed by atoms with van der Waals surface area (Å²) < 4.78 is 0. The number of hydrogen-bond acceptors (Lipinski definition) is 2. The van der Waals surface area contributed by atoms with Gasteiger partial charge in [0.2, 0.25) is 0 Å². The Kier molecular flexibility index (Phi) is 3.46. The minimum absolute atomic E-state index is 0.264. The van der Waals surface area contributed by atoms with Gasteiger partial charge < -0.3 is 15.1 Å². The zero-order valence-electron chi connectivity index (χ0n) is 11.4. The number of nitrogens with one attached hydrogen (secondary N) is 1. The second-order valence-corrected chi connectivity index (χ2v) is 6.16. The van der Waals surface area contributed by atoms with Gasteiger partial charge in [0.15, 0.2) is 0 Å². The molecule has 2 atom stereocenters. The van der Waals surface area contributed by atoms with Crippen LogP contribution in [0.3, 0.4) is 0 Å². The fourth-order valence-corrected chi connectivity index (χ4v) is 3.96.